The molecule has 2 unspecified atom stereocenters. The number of hydrogen-bond acceptors (Lipinski definition) is 4. The van der Waals surface area contributed by atoms with E-state index in [1.165, 1.54) is 0 Å². The minimum Gasteiger partial charge on any atom is -0.389 e. The van der Waals surface area contributed by atoms with E-state index in [1.54, 1.807) is 0 Å². The summed E-state index contributed by atoms with van der Waals surface area (Å²) in [6.07, 6.45) is 1.63. The van der Waals surface area contributed by atoms with Gasteiger partial charge in [-0.1, -0.05) is 27.7 Å². The first kappa shape index (κ1) is 26.3. The molecule has 1 radical (unpaired) electrons. The Morgan fingerprint density at radius 3 is 1.10 bits per heavy atom. The molecule has 0 aliphatic carbocycles. The van der Waals surface area contributed by atoms with Crippen molar-refractivity contribution in [2.24, 2.45) is 0 Å². The molecule has 0 spiro atoms. The van der Waals surface area contributed by atoms with E-state index < -0.39 is 11.2 Å². The van der Waals surface area contributed by atoms with Crippen molar-refractivity contribution in [2.75, 3.05) is 40.3 Å². The fourth-order valence-electron chi connectivity index (χ4n) is 1.61. The van der Waals surface area contributed by atoms with Gasteiger partial charge < -0.3 is 20.0 Å². The van der Waals surface area contributed by atoms with Crippen LogP contribution in [0.4, 0.5) is 0 Å². The molecule has 2 N–H and O–H groups in total. The number of likely N-dealkylation sites (N-methyl/N-ethyl adjacent to an activating group) is 2. The van der Waals surface area contributed by atoms with Gasteiger partial charge in [0.2, 0.25) is 0 Å². The Balaban J connectivity index is -0.000000295. The van der Waals surface area contributed by atoms with Crippen LogP contribution >= 0.6 is 0 Å². The number of nitrogens with zero attached hydrogens (tertiary/aromatic N) is 2. The predicted octanol–water partition coefficient (Wildman–Crippen LogP) is 2.20. The Hall–Kier alpha value is 0.359. The van der Waals surface area contributed by atoms with Crippen molar-refractivity contribution in [3.05, 3.63) is 0 Å². The van der Waals surface area contributed by atoms with E-state index in [1.807, 2.05) is 41.8 Å². The summed E-state index contributed by atoms with van der Waals surface area (Å²) < 4.78 is 0. The van der Waals surface area contributed by atoms with Crippen molar-refractivity contribution in [3.8, 4) is 0 Å². The Kier molecular flexibility index (Phi) is 16.1. The minimum atomic E-state index is -0.509. The third kappa shape index (κ3) is 16.6. The second kappa shape index (κ2) is 12.9. The van der Waals surface area contributed by atoms with Gasteiger partial charge in [0.15, 0.2) is 0 Å². The van der Waals surface area contributed by atoms with Gasteiger partial charge >= 0.3 is 0 Å². The zero-order chi connectivity index (χ0) is 16.4. The van der Waals surface area contributed by atoms with Gasteiger partial charge in [-0.2, -0.15) is 0 Å². The zero-order valence-electron chi connectivity index (χ0n) is 15.3. The minimum absolute atomic E-state index is 0. The monoisotopic (exact) mass is 353 g/mol. The molecule has 0 aromatic heterocycles. The first-order valence-corrected chi connectivity index (χ1v) is 7.85. The van der Waals surface area contributed by atoms with Gasteiger partial charge in [0.25, 0.3) is 0 Å². The topological polar surface area (TPSA) is 46.9 Å². The summed E-state index contributed by atoms with van der Waals surface area (Å²) in [5, 5.41) is 19.2. The van der Waals surface area contributed by atoms with E-state index >= 15 is 0 Å². The molecule has 0 aromatic carbocycles. The maximum absolute atomic E-state index is 9.58. The van der Waals surface area contributed by atoms with Crippen LogP contribution in [0.1, 0.15) is 54.4 Å². The maximum atomic E-state index is 9.58. The molecule has 2 atom stereocenters. The normalized spacial score (nSPS) is 16.6. The van der Waals surface area contributed by atoms with Gasteiger partial charge in [-0.05, 0) is 53.9 Å². The van der Waals surface area contributed by atoms with Gasteiger partial charge in [0.05, 0.1) is 11.2 Å². The summed E-state index contributed by atoms with van der Waals surface area (Å²) in [6, 6.07) is 0. The molecular weight excluding hydrogens is 316 g/mol. The molecule has 0 saturated carbocycles. The van der Waals surface area contributed by atoms with Crippen LogP contribution in [0.15, 0.2) is 0 Å². The second-order valence-electron chi connectivity index (χ2n) is 6.36. The molecular formula is C16H38CuN2O2. The first-order chi connectivity index (χ1) is 9.03. The first-order valence-electron chi connectivity index (χ1n) is 7.85. The molecule has 0 fully saturated rings. The van der Waals surface area contributed by atoms with Crippen molar-refractivity contribution in [1.82, 2.24) is 9.80 Å². The van der Waals surface area contributed by atoms with Crippen LogP contribution in [0.2, 0.25) is 0 Å². The van der Waals surface area contributed by atoms with Crippen LogP contribution in [0.3, 0.4) is 0 Å². The Labute approximate surface area is 143 Å². The van der Waals surface area contributed by atoms with Crippen LogP contribution < -0.4 is 0 Å². The van der Waals surface area contributed by atoms with Crippen molar-refractivity contribution < 1.29 is 27.3 Å². The van der Waals surface area contributed by atoms with E-state index in [4.69, 9.17) is 0 Å². The van der Waals surface area contributed by atoms with Gasteiger partial charge in [-0.3, -0.25) is 0 Å². The van der Waals surface area contributed by atoms with Crippen molar-refractivity contribution >= 4 is 0 Å². The SMILES string of the molecule is CCN(C)CC(C)(O)CC.CCN(C)CC(C)(O)CC.[Cu]. The molecule has 0 saturated heterocycles. The average molecular weight is 354 g/mol. The van der Waals surface area contributed by atoms with Crippen molar-refractivity contribution in [1.29, 1.82) is 0 Å². The Bertz CT molecular complexity index is 212. The zero-order valence-corrected chi connectivity index (χ0v) is 16.3. The molecule has 135 valence electrons. The molecule has 0 aliphatic rings. The standard InChI is InChI=1S/2C8H19NO.Cu/c2*1-5-8(3,10)7-9(4)6-2;/h2*10H,5-7H2,1-4H3;. The van der Waals surface area contributed by atoms with Gasteiger partial charge in [0, 0.05) is 30.2 Å². The molecule has 0 aromatic rings. The predicted molar refractivity (Wildman–Crippen MR) is 88.2 cm³/mol. The van der Waals surface area contributed by atoms with E-state index in [0.29, 0.717) is 0 Å². The number of aliphatic hydroxyl groups is 2. The average Bonchev–Trinajstić information content (AvgIpc) is 2.38. The number of hydrogen-bond donors (Lipinski definition) is 2. The summed E-state index contributed by atoms with van der Waals surface area (Å²) >= 11 is 0. The maximum Gasteiger partial charge on any atom is 0.0743 e. The molecule has 0 heterocycles. The molecule has 4 nitrogen and oxygen atoms in total. The van der Waals surface area contributed by atoms with E-state index in [2.05, 4.69) is 23.6 Å². The molecule has 0 bridgehead atoms. The van der Waals surface area contributed by atoms with Crippen molar-refractivity contribution in [3.63, 3.8) is 0 Å². The van der Waals surface area contributed by atoms with Gasteiger partial charge in [-0.15, -0.1) is 0 Å². The molecule has 0 rings (SSSR count). The van der Waals surface area contributed by atoms with Crippen molar-refractivity contribution in [2.45, 2.75) is 65.6 Å². The summed E-state index contributed by atoms with van der Waals surface area (Å²) in [7, 11) is 4.04. The van der Waals surface area contributed by atoms with Crippen LogP contribution in [0.25, 0.3) is 0 Å². The fourth-order valence-corrected chi connectivity index (χ4v) is 1.61. The number of rotatable bonds is 8. The largest absolute Gasteiger partial charge is 0.389 e. The third-order valence-electron chi connectivity index (χ3n) is 3.82. The molecule has 21 heavy (non-hydrogen) atoms. The second-order valence-corrected chi connectivity index (χ2v) is 6.36. The van der Waals surface area contributed by atoms with Crippen LogP contribution in [0.5, 0.6) is 0 Å². The van der Waals surface area contributed by atoms with Gasteiger partial charge in [0.1, 0.15) is 0 Å². The Morgan fingerprint density at radius 2 is 0.952 bits per heavy atom. The summed E-state index contributed by atoms with van der Waals surface area (Å²) in [4.78, 5) is 4.23. The quantitative estimate of drug-likeness (QED) is 0.657. The van der Waals surface area contributed by atoms with Crippen LogP contribution in [0, 0.1) is 0 Å². The smallest absolute Gasteiger partial charge is 0.0743 e. The molecule has 0 amide bonds. The van der Waals surface area contributed by atoms with E-state index in [-0.39, 0.29) is 17.1 Å². The summed E-state index contributed by atoms with van der Waals surface area (Å²) in [6.45, 7) is 15.5. The third-order valence-corrected chi connectivity index (χ3v) is 3.82. The summed E-state index contributed by atoms with van der Waals surface area (Å²) in [5.74, 6) is 0. The van der Waals surface area contributed by atoms with E-state index in [0.717, 1.165) is 39.0 Å². The summed E-state index contributed by atoms with van der Waals surface area (Å²) in [5.41, 5.74) is -1.02. The van der Waals surface area contributed by atoms with Gasteiger partial charge in [-0.25, -0.2) is 0 Å². The van der Waals surface area contributed by atoms with Crippen LogP contribution in [-0.4, -0.2) is 71.5 Å². The van der Waals surface area contributed by atoms with Crippen LogP contribution in [-0.2, 0) is 17.1 Å². The molecule has 0 aliphatic heterocycles. The fraction of sp³-hybridized carbons (Fsp3) is 1.00. The van der Waals surface area contributed by atoms with E-state index in [9.17, 15) is 10.2 Å². The Morgan fingerprint density at radius 1 is 0.714 bits per heavy atom. The molecule has 5 heteroatoms.